The van der Waals surface area contributed by atoms with Crippen LogP contribution >= 0.6 is 0 Å². The highest BCUT2D eigenvalue weighted by atomic mass is 13.9. The summed E-state index contributed by atoms with van der Waals surface area (Å²) in [5.74, 6) is 0. The molecule has 0 heteroatoms. The third-order valence-corrected chi connectivity index (χ3v) is 2.70. The van der Waals surface area contributed by atoms with E-state index in [0.717, 1.165) is 6.42 Å². The molecule has 98 valence electrons. The fourth-order valence-corrected chi connectivity index (χ4v) is 1.61. The Morgan fingerprint density at radius 2 is 1.12 bits per heavy atom. The van der Waals surface area contributed by atoms with Gasteiger partial charge in [0.1, 0.15) is 0 Å². The second kappa shape index (κ2) is 15.2. The van der Waals surface area contributed by atoms with Crippen molar-refractivity contribution in [2.45, 2.75) is 71.6 Å². The Hall–Kier alpha value is -0.780. The van der Waals surface area contributed by atoms with Crippen LogP contribution in [0, 0.1) is 0 Å². The average molecular weight is 234 g/mol. The number of hydrogen-bond acceptors (Lipinski definition) is 0. The van der Waals surface area contributed by atoms with Crippen molar-refractivity contribution in [3.8, 4) is 0 Å². The van der Waals surface area contributed by atoms with E-state index in [4.69, 9.17) is 0 Å². The summed E-state index contributed by atoms with van der Waals surface area (Å²) in [6.45, 7) is 4.47. The van der Waals surface area contributed by atoms with E-state index in [-0.39, 0.29) is 0 Å². The summed E-state index contributed by atoms with van der Waals surface area (Å²) in [7, 11) is 0. The molecule has 0 bridgehead atoms. The van der Waals surface area contributed by atoms with Crippen molar-refractivity contribution in [1.82, 2.24) is 0 Å². The van der Waals surface area contributed by atoms with E-state index in [1.807, 2.05) is 0 Å². The van der Waals surface area contributed by atoms with E-state index in [1.54, 1.807) is 0 Å². The van der Waals surface area contributed by atoms with Crippen LogP contribution < -0.4 is 0 Å². The second-order valence-electron chi connectivity index (χ2n) is 4.51. The number of unbranched alkanes of at least 4 members (excludes halogenated alkanes) is 5. The molecule has 0 nitrogen and oxygen atoms in total. The molecule has 0 spiro atoms. The van der Waals surface area contributed by atoms with Gasteiger partial charge in [0, 0.05) is 0 Å². The maximum atomic E-state index is 2.32. The monoisotopic (exact) mass is 234 g/mol. The fourth-order valence-electron chi connectivity index (χ4n) is 1.61. The maximum absolute atomic E-state index is 2.32. The molecule has 0 N–H and O–H groups in total. The zero-order valence-corrected chi connectivity index (χ0v) is 11.8. The molecule has 0 heterocycles. The Labute approximate surface area is 109 Å². The highest BCUT2D eigenvalue weighted by Gasteiger charge is 1.81. The first-order chi connectivity index (χ1) is 8.41. The van der Waals surface area contributed by atoms with E-state index in [0.29, 0.717) is 0 Å². The molecule has 0 fully saturated rings. The van der Waals surface area contributed by atoms with Gasteiger partial charge in [-0.25, -0.2) is 0 Å². The van der Waals surface area contributed by atoms with E-state index in [2.05, 4.69) is 50.3 Å². The molecule has 0 amide bonds. The summed E-state index contributed by atoms with van der Waals surface area (Å²) < 4.78 is 0. The molecule has 0 aromatic rings. The Morgan fingerprint density at radius 1 is 0.529 bits per heavy atom. The molecule has 0 aliphatic carbocycles. The van der Waals surface area contributed by atoms with Crippen LogP contribution in [0.1, 0.15) is 71.6 Å². The van der Waals surface area contributed by atoms with Crippen LogP contribution in [0.2, 0.25) is 0 Å². The second-order valence-corrected chi connectivity index (χ2v) is 4.51. The van der Waals surface area contributed by atoms with Gasteiger partial charge in [-0.3, -0.25) is 0 Å². The lowest BCUT2D eigenvalue weighted by Gasteiger charge is -1.91. The van der Waals surface area contributed by atoms with Gasteiger partial charge in [0.05, 0.1) is 0 Å². The van der Waals surface area contributed by atoms with Crippen LogP contribution in [0.3, 0.4) is 0 Å². The van der Waals surface area contributed by atoms with Crippen molar-refractivity contribution < 1.29 is 0 Å². The van der Waals surface area contributed by atoms with Crippen LogP contribution in [-0.2, 0) is 0 Å². The first-order valence-electron chi connectivity index (χ1n) is 7.36. The molecular formula is C17H30. The molecule has 0 rings (SSSR count). The molecule has 0 aliphatic rings. The van der Waals surface area contributed by atoms with E-state index < -0.39 is 0 Å². The Bertz CT molecular complexity index is 208. The molecule has 0 aromatic carbocycles. The van der Waals surface area contributed by atoms with Crippen LogP contribution in [0.25, 0.3) is 0 Å². The van der Waals surface area contributed by atoms with Gasteiger partial charge in [-0.1, -0.05) is 69.6 Å². The van der Waals surface area contributed by atoms with Crippen molar-refractivity contribution in [2.75, 3.05) is 0 Å². The normalized spacial score (nSPS) is 12.4. The van der Waals surface area contributed by atoms with Gasteiger partial charge >= 0.3 is 0 Å². The zero-order chi connectivity index (χ0) is 12.6. The van der Waals surface area contributed by atoms with Gasteiger partial charge in [-0.15, -0.1) is 0 Å². The van der Waals surface area contributed by atoms with Gasteiger partial charge in [0.25, 0.3) is 0 Å². The molecule has 0 aromatic heterocycles. The molecule has 0 saturated heterocycles. The SMILES string of the molecule is CCC/C=C\CC/C=C\CC=CCCCCC. The topological polar surface area (TPSA) is 0 Å². The van der Waals surface area contributed by atoms with Crippen LogP contribution in [0.15, 0.2) is 36.5 Å². The molecule has 0 radical (unpaired) electrons. The number of hydrogen-bond donors (Lipinski definition) is 0. The maximum Gasteiger partial charge on any atom is -0.0169 e. The van der Waals surface area contributed by atoms with E-state index in [1.165, 1.54) is 51.4 Å². The Balaban J connectivity index is 3.24. The minimum Gasteiger partial charge on any atom is -0.0885 e. The van der Waals surface area contributed by atoms with Crippen molar-refractivity contribution in [3.05, 3.63) is 36.5 Å². The lowest BCUT2D eigenvalue weighted by molar-refractivity contribution is 0.728. The lowest BCUT2D eigenvalue weighted by Crippen LogP contribution is -1.70. The third-order valence-electron chi connectivity index (χ3n) is 2.70. The van der Waals surface area contributed by atoms with Gasteiger partial charge in [0.15, 0.2) is 0 Å². The Kier molecular flexibility index (Phi) is 14.5. The molecule has 0 saturated carbocycles. The van der Waals surface area contributed by atoms with Crippen molar-refractivity contribution in [1.29, 1.82) is 0 Å². The van der Waals surface area contributed by atoms with Gasteiger partial charge in [0.2, 0.25) is 0 Å². The summed E-state index contributed by atoms with van der Waals surface area (Å²) in [5.41, 5.74) is 0. The molecule has 0 aliphatic heterocycles. The van der Waals surface area contributed by atoms with E-state index >= 15 is 0 Å². The average Bonchev–Trinajstić information content (AvgIpc) is 2.35. The molecular weight excluding hydrogens is 204 g/mol. The summed E-state index contributed by atoms with van der Waals surface area (Å²) in [5, 5.41) is 0. The van der Waals surface area contributed by atoms with Crippen molar-refractivity contribution in [2.24, 2.45) is 0 Å². The largest absolute Gasteiger partial charge is 0.0885 e. The Morgan fingerprint density at radius 3 is 1.76 bits per heavy atom. The zero-order valence-electron chi connectivity index (χ0n) is 11.8. The predicted molar refractivity (Wildman–Crippen MR) is 80.3 cm³/mol. The third kappa shape index (κ3) is 15.2. The number of rotatable bonds is 11. The smallest absolute Gasteiger partial charge is 0.0169 e. The summed E-state index contributed by atoms with van der Waals surface area (Å²) in [4.78, 5) is 0. The summed E-state index contributed by atoms with van der Waals surface area (Å²) in [6.07, 6.45) is 25.0. The first-order valence-corrected chi connectivity index (χ1v) is 7.36. The molecule has 17 heavy (non-hydrogen) atoms. The van der Waals surface area contributed by atoms with Crippen LogP contribution in [-0.4, -0.2) is 0 Å². The first kappa shape index (κ1) is 16.2. The van der Waals surface area contributed by atoms with Crippen molar-refractivity contribution in [3.63, 3.8) is 0 Å². The van der Waals surface area contributed by atoms with Gasteiger partial charge < -0.3 is 0 Å². The van der Waals surface area contributed by atoms with Crippen LogP contribution in [0.4, 0.5) is 0 Å². The quantitative estimate of drug-likeness (QED) is 0.295. The minimum absolute atomic E-state index is 1.10. The van der Waals surface area contributed by atoms with Gasteiger partial charge in [-0.05, 0) is 38.5 Å². The fraction of sp³-hybridized carbons (Fsp3) is 0.647. The predicted octanol–water partition coefficient (Wildman–Crippen LogP) is 6.21. The highest BCUT2D eigenvalue weighted by molar-refractivity contribution is 4.94. The molecule has 0 unspecified atom stereocenters. The highest BCUT2D eigenvalue weighted by Crippen LogP contribution is 2.01. The van der Waals surface area contributed by atoms with Crippen molar-refractivity contribution >= 4 is 0 Å². The lowest BCUT2D eigenvalue weighted by atomic mass is 10.2. The summed E-state index contributed by atoms with van der Waals surface area (Å²) in [6, 6.07) is 0. The van der Waals surface area contributed by atoms with Gasteiger partial charge in [-0.2, -0.15) is 0 Å². The van der Waals surface area contributed by atoms with E-state index in [9.17, 15) is 0 Å². The molecule has 0 atom stereocenters. The standard InChI is InChI=1S/C17H30/c1-3-5-7-9-11-13-15-17-16-14-12-10-8-6-4-2/h7,9,12,14-15,17H,3-6,8,10-11,13,16H2,1-2H3/b9-7-,14-12?,17-15-. The summed E-state index contributed by atoms with van der Waals surface area (Å²) >= 11 is 0. The van der Waals surface area contributed by atoms with Crippen LogP contribution in [0.5, 0.6) is 0 Å². The minimum atomic E-state index is 1.10. The number of allylic oxidation sites excluding steroid dienone is 6.